The van der Waals surface area contributed by atoms with Gasteiger partial charge in [0, 0.05) is 0 Å². The largest absolute Gasteiger partial charge is 0.389 e. The monoisotopic (exact) mass is 113 g/mol. The molecule has 0 bridgehead atoms. The van der Waals surface area contributed by atoms with Gasteiger partial charge in [0.05, 0.1) is 6.10 Å². The number of nitrogens with two attached hydrogens (primary N) is 1. The molecule has 0 amide bonds. The SMILES string of the molecule is NCCC(O)C1=CC1. The van der Waals surface area contributed by atoms with Crippen molar-refractivity contribution in [2.24, 2.45) is 5.73 Å². The van der Waals surface area contributed by atoms with Crippen LogP contribution in [0.5, 0.6) is 0 Å². The Hall–Kier alpha value is -0.340. The zero-order valence-electron chi connectivity index (χ0n) is 4.80. The van der Waals surface area contributed by atoms with E-state index in [0.717, 1.165) is 12.0 Å². The van der Waals surface area contributed by atoms with Crippen LogP contribution < -0.4 is 5.73 Å². The molecule has 1 atom stereocenters. The number of allylic oxidation sites excluding steroid dienone is 1. The molecule has 0 aromatic heterocycles. The Balaban J connectivity index is 2.13. The standard InChI is InChI=1S/C6H11NO/c7-4-3-6(8)5-1-2-5/h1,6,8H,2-4,7H2. The number of rotatable bonds is 3. The van der Waals surface area contributed by atoms with E-state index >= 15 is 0 Å². The molecule has 0 radical (unpaired) electrons. The van der Waals surface area contributed by atoms with Crippen molar-refractivity contribution < 1.29 is 5.11 Å². The molecule has 0 spiro atoms. The first-order chi connectivity index (χ1) is 3.84. The average Bonchev–Trinajstić information content (AvgIpc) is 2.45. The van der Waals surface area contributed by atoms with Crippen molar-refractivity contribution in [2.45, 2.75) is 18.9 Å². The van der Waals surface area contributed by atoms with Crippen LogP contribution in [0, 0.1) is 0 Å². The maximum Gasteiger partial charge on any atom is 0.0765 e. The number of aliphatic hydroxyl groups is 1. The molecular weight excluding hydrogens is 102 g/mol. The lowest BCUT2D eigenvalue weighted by Gasteiger charge is -2.01. The molecule has 8 heavy (non-hydrogen) atoms. The van der Waals surface area contributed by atoms with Gasteiger partial charge in [-0.25, -0.2) is 0 Å². The molecule has 0 heterocycles. The molecule has 3 N–H and O–H groups in total. The molecule has 2 nitrogen and oxygen atoms in total. The zero-order valence-corrected chi connectivity index (χ0v) is 4.80. The zero-order chi connectivity index (χ0) is 5.98. The molecule has 1 aliphatic carbocycles. The predicted octanol–water partition coefficient (Wildman–Crippen LogP) is 0.0262. The van der Waals surface area contributed by atoms with E-state index < -0.39 is 0 Å². The summed E-state index contributed by atoms with van der Waals surface area (Å²) in [7, 11) is 0. The van der Waals surface area contributed by atoms with Crippen LogP contribution in [0.25, 0.3) is 0 Å². The maximum absolute atomic E-state index is 9.04. The first-order valence-electron chi connectivity index (χ1n) is 2.91. The molecule has 1 unspecified atom stereocenters. The first kappa shape index (κ1) is 5.79. The molecule has 0 aromatic carbocycles. The van der Waals surface area contributed by atoms with Crippen molar-refractivity contribution in [1.82, 2.24) is 0 Å². The van der Waals surface area contributed by atoms with Gasteiger partial charge in [0.2, 0.25) is 0 Å². The van der Waals surface area contributed by atoms with Gasteiger partial charge in [-0.05, 0) is 25.0 Å². The summed E-state index contributed by atoms with van der Waals surface area (Å²) in [6, 6.07) is 0. The Kier molecular flexibility index (Phi) is 1.65. The van der Waals surface area contributed by atoms with Crippen molar-refractivity contribution in [3.05, 3.63) is 11.6 Å². The topological polar surface area (TPSA) is 46.2 Å². The Morgan fingerprint density at radius 3 is 2.88 bits per heavy atom. The normalized spacial score (nSPS) is 20.0. The van der Waals surface area contributed by atoms with Gasteiger partial charge < -0.3 is 10.8 Å². The third-order valence-electron chi connectivity index (χ3n) is 1.31. The van der Waals surface area contributed by atoms with Gasteiger partial charge in [-0.3, -0.25) is 0 Å². The number of hydrogen-bond acceptors (Lipinski definition) is 2. The second kappa shape index (κ2) is 2.29. The lowest BCUT2D eigenvalue weighted by atomic mass is 10.2. The quantitative estimate of drug-likeness (QED) is 0.507. The molecule has 2 heteroatoms. The molecule has 0 fully saturated rings. The van der Waals surface area contributed by atoms with Gasteiger partial charge >= 0.3 is 0 Å². The lowest BCUT2D eigenvalue weighted by molar-refractivity contribution is 0.207. The molecule has 0 saturated heterocycles. The van der Waals surface area contributed by atoms with Gasteiger partial charge in [-0.2, -0.15) is 0 Å². The minimum absolute atomic E-state index is 0.236. The van der Waals surface area contributed by atoms with E-state index in [2.05, 4.69) is 0 Å². The van der Waals surface area contributed by atoms with Crippen molar-refractivity contribution >= 4 is 0 Å². The third-order valence-corrected chi connectivity index (χ3v) is 1.31. The fourth-order valence-electron chi connectivity index (χ4n) is 0.674. The maximum atomic E-state index is 9.04. The smallest absolute Gasteiger partial charge is 0.0765 e. The average molecular weight is 113 g/mol. The van der Waals surface area contributed by atoms with E-state index in [1.165, 1.54) is 0 Å². The third kappa shape index (κ3) is 1.32. The van der Waals surface area contributed by atoms with Gasteiger partial charge in [-0.1, -0.05) is 6.08 Å². The van der Waals surface area contributed by atoms with Gasteiger partial charge in [0.1, 0.15) is 0 Å². The highest BCUT2D eigenvalue weighted by Crippen LogP contribution is 2.23. The van der Waals surface area contributed by atoms with Crippen LogP contribution >= 0.6 is 0 Å². The van der Waals surface area contributed by atoms with Crippen LogP contribution in [0.4, 0.5) is 0 Å². The summed E-state index contributed by atoms with van der Waals surface area (Å²) >= 11 is 0. The summed E-state index contributed by atoms with van der Waals surface area (Å²) in [5.74, 6) is 0. The summed E-state index contributed by atoms with van der Waals surface area (Å²) in [5.41, 5.74) is 6.37. The van der Waals surface area contributed by atoms with E-state index in [0.29, 0.717) is 13.0 Å². The predicted molar refractivity (Wildman–Crippen MR) is 32.4 cm³/mol. The summed E-state index contributed by atoms with van der Waals surface area (Å²) in [4.78, 5) is 0. The number of aliphatic hydroxyl groups excluding tert-OH is 1. The second-order valence-electron chi connectivity index (χ2n) is 2.08. The molecule has 0 aliphatic heterocycles. The minimum atomic E-state index is -0.236. The molecule has 46 valence electrons. The van der Waals surface area contributed by atoms with Crippen LogP contribution in [-0.4, -0.2) is 17.8 Å². The van der Waals surface area contributed by atoms with E-state index in [9.17, 15) is 0 Å². The van der Waals surface area contributed by atoms with Crippen molar-refractivity contribution in [3.8, 4) is 0 Å². The van der Waals surface area contributed by atoms with Crippen molar-refractivity contribution in [2.75, 3.05) is 6.54 Å². The van der Waals surface area contributed by atoms with Gasteiger partial charge in [0.15, 0.2) is 0 Å². The Morgan fingerprint density at radius 2 is 2.50 bits per heavy atom. The lowest BCUT2D eigenvalue weighted by Crippen LogP contribution is -2.11. The highest BCUT2D eigenvalue weighted by Gasteiger charge is 2.15. The highest BCUT2D eigenvalue weighted by atomic mass is 16.3. The summed E-state index contributed by atoms with van der Waals surface area (Å²) in [6.45, 7) is 0.582. The van der Waals surface area contributed by atoms with Gasteiger partial charge in [-0.15, -0.1) is 0 Å². The van der Waals surface area contributed by atoms with E-state index in [-0.39, 0.29) is 6.10 Å². The molecule has 1 aliphatic rings. The van der Waals surface area contributed by atoms with Gasteiger partial charge in [0.25, 0.3) is 0 Å². The van der Waals surface area contributed by atoms with Crippen LogP contribution in [0.2, 0.25) is 0 Å². The molecule has 0 aromatic rings. The summed E-state index contributed by atoms with van der Waals surface area (Å²) in [5, 5.41) is 9.04. The van der Waals surface area contributed by atoms with Crippen molar-refractivity contribution in [1.29, 1.82) is 0 Å². The molecule has 0 saturated carbocycles. The fourth-order valence-corrected chi connectivity index (χ4v) is 0.674. The van der Waals surface area contributed by atoms with Crippen LogP contribution in [-0.2, 0) is 0 Å². The minimum Gasteiger partial charge on any atom is -0.389 e. The summed E-state index contributed by atoms with van der Waals surface area (Å²) in [6.07, 6.45) is 3.51. The molecular formula is C6H11NO. The summed E-state index contributed by atoms with van der Waals surface area (Å²) < 4.78 is 0. The second-order valence-corrected chi connectivity index (χ2v) is 2.08. The Labute approximate surface area is 49.0 Å². The number of hydrogen-bond donors (Lipinski definition) is 2. The van der Waals surface area contributed by atoms with Crippen LogP contribution in [0.15, 0.2) is 11.6 Å². The van der Waals surface area contributed by atoms with Crippen LogP contribution in [0.3, 0.4) is 0 Å². The van der Waals surface area contributed by atoms with E-state index in [1.54, 1.807) is 0 Å². The van der Waals surface area contributed by atoms with E-state index in [1.807, 2.05) is 6.08 Å². The Morgan fingerprint density at radius 1 is 1.88 bits per heavy atom. The Bertz CT molecular complexity index is 109. The molecule has 1 rings (SSSR count). The fraction of sp³-hybridized carbons (Fsp3) is 0.667. The highest BCUT2D eigenvalue weighted by molar-refractivity contribution is 5.25. The van der Waals surface area contributed by atoms with Crippen molar-refractivity contribution in [3.63, 3.8) is 0 Å². The van der Waals surface area contributed by atoms with Crippen LogP contribution in [0.1, 0.15) is 12.8 Å². The first-order valence-corrected chi connectivity index (χ1v) is 2.91. The van der Waals surface area contributed by atoms with E-state index in [4.69, 9.17) is 10.8 Å².